The molecule has 0 radical (unpaired) electrons. The number of fused-ring (bicyclic) bond motifs is 1. The molecule has 5 heteroatoms. The lowest BCUT2D eigenvalue weighted by atomic mass is 10.1. The van der Waals surface area contributed by atoms with Gasteiger partial charge >= 0.3 is 5.82 Å². The summed E-state index contributed by atoms with van der Waals surface area (Å²) in [4.78, 5) is 10.1. The number of nitro groups is 1. The molecule has 5 nitrogen and oxygen atoms in total. The van der Waals surface area contributed by atoms with Gasteiger partial charge in [0.15, 0.2) is 6.20 Å². The third kappa shape index (κ3) is 1.38. The topological polar surface area (TPSA) is 70.1 Å². The number of hydrogen-bond acceptors (Lipinski definition) is 3. The molecule has 0 aliphatic rings. The first-order chi connectivity index (χ1) is 7.11. The second-order valence-electron chi connectivity index (χ2n) is 3.26. The zero-order valence-corrected chi connectivity index (χ0v) is 8.01. The number of rotatable bonds is 1. The second kappa shape index (κ2) is 3.20. The summed E-state index contributed by atoms with van der Waals surface area (Å²) in [5, 5.41) is 23.2. The van der Waals surface area contributed by atoms with Crippen molar-refractivity contribution in [2.75, 3.05) is 0 Å². The summed E-state index contributed by atoms with van der Waals surface area (Å²) in [5.41, 5.74) is 0.728. The molecule has 0 aliphatic heterocycles. The molecule has 1 aromatic heterocycles. The van der Waals surface area contributed by atoms with Crippen LogP contribution in [0.25, 0.3) is 10.8 Å². The van der Waals surface area contributed by atoms with E-state index in [1.54, 1.807) is 31.2 Å². The Morgan fingerprint density at radius 2 is 1.87 bits per heavy atom. The molecule has 0 saturated carbocycles. The Hall–Kier alpha value is -2.17. The van der Waals surface area contributed by atoms with Gasteiger partial charge < -0.3 is 5.21 Å². The predicted octanol–water partition coefficient (Wildman–Crippen LogP) is 1.69. The minimum atomic E-state index is -0.658. The van der Waals surface area contributed by atoms with Crippen molar-refractivity contribution in [2.45, 2.75) is 6.92 Å². The van der Waals surface area contributed by atoms with Crippen LogP contribution < -0.4 is 4.73 Å². The van der Waals surface area contributed by atoms with Crippen molar-refractivity contribution in [2.24, 2.45) is 0 Å². The molecule has 0 amide bonds. The molecule has 15 heavy (non-hydrogen) atoms. The van der Waals surface area contributed by atoms with Crippen molar-refractivity contribution in [3.05, 3.63) is 51.3 Å². The van der Waals surface area contributed by atoms with Gasteiger partial charge in [0, 0.05) is 10.9 Å². The van der Waals surface area contributed by atoms with Crippen LogP contribution in [0.4, 0.5) is 5.82 Å². The first kappa shape index (κ1) is 9.39. The third-order valence-corrected chi connectivity index (χ3v) is 2.29. The summed E-state index contributed by atoms with van der Waals surface area (Å²) in [6, 6.07) is 6.80. The van der Waals surface area contributed by atoms with Crippen molar-refractivity contribution in [3.8, 4) is 0 Å². The van der Waals surface area contributed by atoms with Crippen LogP contribution in [-0.2, 0) is 0 Å². The fourth-order valence-corrected chi connectivity index (χ4v) is 1.63. The third-order valence-electron chi connectivity index (χ3n) is 2.29. The van der Waals surface area contributed by atoms with Gasteiger partial charge in [-0.3, -0.25) is 10.1 Å². The van der Waals surface area contributed by atoms with E-state index in [2.05, 4.69) is 0 Å². The van der Waals surface area contributed by atoms with Crippen LogP contribution in [0.2, 0.25) is 0 Å². The van der Waals surface area contributed by atoms with Gasteiger partial charge in [-0.1, -0.05) is 18.2 Å². The number of benzene rings is 1. The van der Waals surface area contributed by atoms with Crippen molar-refractivity contribution in [1.82, 2.24) is 0 Å². The van der Waals surface area contributed by atoms with Crippen LogP contribution in [0.3, 0.4) is 0 Å². The van der Waals surface area contributed by atoms with Crippen molar-refractivity contribution >= 4 is 16.6 Å². The highest BCUT2D eigenvalue weighted by Crippen LogP contribution is 2.23. The number of hydrogen-bond donors (Lipinski definition) is 0. The fraction of sp³-hybridized carbons (Fsp3) is 0.100. The normalized spacial score (nSPS) is 10.5. The Bertz CT molecular complexity index is 552. The number of pyridine rings is 1. The van der Waals surface area contributed by atoms with Crippen LogP contribution in [0, 0.1) is 22.2 Å². The quantitative estimate of drug-likeness (QED) is 0.307. The van der Waals surface area contributed by atoms with E-state index in [0.29, 0.717) is 10.1 Å². The Kier molecular flexibility index (Phi) is 2.00. The molecule has 1 aromatic carbocycles. The monoisotopic (exact) mass is 204 g/mol. The van der Waals surface area contributed by atoms with Gasteiger partial charge in [-0.15, -0.1) is 4.73 Å². The number of nitrogens with zero attached hydrogens (tertiary/aromatic N) is 2. The Labute approximate surface area is 85.3 Å². The van der Waals surface area contributed by atoms with Crippen molar-refractivity contribution in [3.63, 3.8) is 0 Å². The number of aryl methyl sites for hydroxylation is 1. The Balaban J connectivity index is 2.96. The highest BCUT2D eigenvalue weighted by Gasteiger charge is 2.24. The number of aromatic nitrogens is 1. The van der Waals surface area contributed by atoms with Gasteiger partial charge in [-0.25, -0.2) is 0 Å². The minimum Gasteiger partial charge on any atom is -0.614 e. The Morgan fingerprint density at radius 1 is 1.27 bits per heavy atom. The van der Waals surface area contributed by atoms with E-state index in [-0.39, 0.29) is 0 Å². The van der Waals surface area contributed by atoms with E-state index < -0.39 is 10.7 Å². The molecule has 0 bridgehead atoms. The zero-order valence-electron chi connectivity index (χ0n) is 8.01. The highest BCUT2D eigenvalue weighted by molar-refractivity contribution is 5.89. The molecule has 0 atom stereocenters. The molecular formula is C10H8N2O3. The van der Waals surface area contributed by atoms with E-state index in [1.165, 1.54) is 6.20 Å². The first-order valence-corrected chi connectivity index (χ1v) is 4.37. The average molecular weight is 204 g/mol. The van der Waals surface area contributed by atoms with Crippen LogP contribution in [0.1, 0.15) is 5.56 Å². The molecule has 1 heterocycles. The summed E-state index contributed by atoms with van der Waals surface area (Å²) < 4.78 is 0.303. The highest BCUT2D eigenvalue weighted by atomic mass is 16.6. The van der Waals surface area contributed by atoms with Crippen molar-refractivity contribution in [1.29, 1.82) is 0 Å². The Morgan fingerprint density at radius 3 is 2.47 bits per heavy atom. The summed E-state index contributed by atoms with van der Waals surface area (Å²) >= 11 is 0. The zero-order chi connectivity index (χ0) is 11.0. The van der Waals surface area contributed by atoms with E-state index in [4.69, 9.17) is 0 Å². The van der Waals surface area contributed by atoms with E-state index in [9.17, 15) is 15.3 Å². The molecule has 0 saturated heterocycles. The molecule has 2 aromatic rings. The average Bonchev–Trinajstić information content (AvgIpc) is 2.17. The maximum absolute atomic E-state index is 11.4. The standard InChI is InChI=1S/C10H8N2O3/c1-7-6-11(13)10(12(14)15)9-5-3-2-4-8(7)9/h2-6H,1H3. The predicted molar refractivity (Wildman–Crippen MR) is 54.3 cm³/mol. The lowest BCUT2D eigenvalue weighted by Crippen LogP contribution is -2.30. The molecule has 0 aliphatic carbocycles. The van der Waals surface area contributed by atoms with Gasteiger partial charge in [-0.2, -0.15) is 0 Å². The van der Waals surface area contributed by atoms with Crippen LogP contribution in [0.5, 0.6) is 0 Å². The largest absolute Gasteiger partial charge is 0.614 e. The maximum atomic E-state index is 11.4. The van der Waals surface area contributed by atoms with Gasteiger partial charge in [-0.05, 0) is 13.0 Å². The summed E-state index contributed by atoms with van der Waals surface area (Å²) in [6.45, 7) is 1.75. The molecule has 2 rings (SSSR count). The van der Waals surface area contributed by atoms with Gasteiger partial charge in [0.05, 0.1) is 0 Å². The van der Waals surface area contributed by atoms with Crippen LogP contribution >= 0.6 is 0 Å². The molecule has 0 fully saturated rings. The summed E-state index contributed by atoms with van der Waals surface area (Å²) in [6.07, 6.45) is 1.22. The second-order valence-corrected chi connectivity index (χ2v) is 3.26. The SMILES string of the molecule is Cc1c[n+]([O-])c([N+](=O)[O-])c2ccccc12. The molecule has 0 spiro atoms. The summed E-state index contributed by atoms with van der Waals surface area (Å²) in [5.74, 6) is -0.420. The maximum Gasteiger partial charge on any atom is 0.520 e. The fourth-order valence-electron chi connectivity index (χ4n) is 1.63. The molecular weight excluding hydrogens is 196 g/mol. The minimum absolute atomic E-state index is 0.303. The van der Waals surface area contributed by atoms with Crippen LogP contribution in [0.15, 0.2) is 30.5 Å². The lowest BCUT2D eigenvalue weighted by molar-refractivity contribution is -0.662. The summed E-state index contributed by atoms with van der Waals surface area (Å²) in [7, 11) is 0. The van der Waals surface area contributed by atoms with Crippen LogP contribution in [-0.4, -0.2) is 4.92 Å². The molecule has 0 N–H and O–H groups in total. The van der Waals surface area contributed by atoms with Gasteiger partial charge in [0.1, 0.15) is 10.3 Å². The van der Waals surface area contributed by atoms with E-state index in [1.807, 2.05) is 0 Å². The van der Waals surface area contributed by atoms with E-state index in [0.717, 1.165) is 10.9 Å². The van der Waals surface area contributed by atoms with Crippen molar-refractivity contribution < 1.29 is 9.65 Å². The van der Waals surface area contributed by atoms with Gasteiger partial charge in [0.25, 0.3) is 0 Å². The molecule has 76 valence electrons. The first-order valence-electron chi connectivity index (χ1n) is 4.37. The molecule has 0 unspecified atom stereocenters. The van der Waals surface area contributed by atoms with E-state index >= 15 is 0 Å². The lowest BCUT2D eigenvalue weighted by Gasteiger charge is -2.03. The van der Waals surface area contributed by atoms with Gasteiger partial charge in [0.2, 0.25) is 0 Å². The smallest absolute Gasteiger partial charge is 0.520 e.